The quantitative estimate of drug-likeness (QED) is 0.193. The summed E-state index contributed by atoms with van der Waals surface area (Å²) in [6, 6.07) is 21.5. The molecular weight excluding hydrogens is 678 g/mol. The lowest BCUT2D eigenvalue weighted by atomic mass is 9.50. The van der Waals surface area contributed by atoms with Gasteiger partial charge < -0.3 is 35.1 Å². The van der Waals surface area contributed by atoms with Gasteiger partial charge in [-0.2, -0.15) is 0 Å². The van der Waals surface area contributed by atoms with Crippen molar-refractivity contribution in [2.24, 2.45) is 0 Å². The van der Waals surface area contributed by atoms with Crippen LogP contribution >= 0.6 is 0 Å². The fourth-order valence-electron chi connectivity index (χ4n) is 8.74. The van der Waals surface area contributed by atoms with Gasteiger partial charge in [-0.1, -0.05) is 72.8 Å². The van der Waals surface area contributed by atoms with Gasteiger partial charge in [0.1, 0.15) is 17.1 Å². The van der Waals surface area contributed by atoms with Crippen molar-refractivity contribution in [2.45, 2.75) is 80.8 Å². The molecule has 4 aliphatic rings. The molecule has 2 aliphatic carbocycles. The van der Waals surface area contributed by atoms with Crippen molar-refractivity contribution in [3.63, 3.8) is 0 Å². The van der Waals surface area contributed by atoms with Crippen LogP contribution in [0, 0.1) is 0 Å². The minimum Gasteiger partial charge on any atom is -0.481 e. The Morgan fingerprint density at radius 1 is 0.925 bits per heavy atom. The monoisotopic (exact) mass is 723 g/mol. The maximum Gasteiger partial charge on any atom is 0.312 e. The van der Waals surface area contributed by atoms with E-state index >= 15 is 0 Å². The number of ether oxygens (including phenoxy) is 3. The molecule has 3 aromatic rings. The molecule has 7 rings (SSSR count). The molecule has 3 aromatic carbocycles. The number of amides is 2. The van der Waals surface area contributed by atoms with Gasteiger partial charge in [0.05, 0.1) is 36.8 Å². The number of likely N-dealkylation sites (tertiary alicyclic amines) is 1. The van der Waals surface area contributed by atoms with Crippen molar-refractivity contribution in [2.75, 3.05) is 26.7 Å². The topological polar surface area (TPSA) is 164 Å². The fraction of sp³-hybridized carbons (Fsp3) is 0.415. The molecular formula is C41H45N3O9. The van der Waals surface area contributed by atoms with Gasteiger partial charge in [0.2, 0.25) is 5.91 Å². The summed E-state index contributed by atoms with van der Waals surface area (Å²) in [5, 5.41) is 26.3. The molecule has 2 aliphatic heterocycles. The van der Waals surface area contributed by atoms with Crippen molar-refractivity contribution in [3.05, 3.63) is 112 Å². The number of carbonyl (C=O) groups excluding carboxylic acids is 4. The molecule has 12 nitrogen and oxygen atoms in total. The minimum absolute atomic E-state index is 0.0407. The van der Waals surface area contributed by atoms with Gasteiger partial charge in [-0.25, -0.2) is 0 Å². The number of hydrogen-bond donors (Lipinski definition) is 4. The second-order valence-electron chi connectivity index (χ2n) is 14.3. The predicted octanol–water partition coefficient (Wildman–Crippen LogP) is 3.10. The van der Waals surface area contributed by atoms with E-state index < -0.39 is 41.1 Å². The van der Waals surface area contributed by atoms with E-state index in [1.807, 2.05) is 56.4 Å². The maximum absolute atomic E-state index is 13.8. The maximum atomic E-state index is 13.8. The summed E-state index contributed by atoms with van der Waals surface area (Å²) in [6.07, 6.45) is 0.701. The Balaban J connectivity index is 1.10. The Morgan fingerprint density at radius 3 is 2.28 bits per heavy atom. The minimum atomic E-state index is -1.37. The lowest BCUT2D eigenvalue weighted by Gasteiger charge is -2.62. The van der Waals surface area contributed by atoms with Gasteiger partial charge >= 0.3 is 11.9 Å². The first-order valence-electron chi connectivity index (χ1n) is 18.2. The highest BCUT2D eigenvalue weighted by Crippen LogP contribution is 2.65. The third-order valence-electron chi connectivity index (χ3n) is 11.4. The number of likely N-dealkylation sites (N-methyl/N-ethyl adjacent to an activating group) is 1. The van der Waals surface area contributed by atoms with Crippen LogP contribution in [0.2, 0.25) is 0 Å². The predicted molar refractivity (Wildman–Crippen MR) is 192 cm³/mol. The molecule has 2 bridgehead atoms. The van der Waals surface area contributed by atoms with Crippen LogP contribution in [0.3, 0.4) is 0 Å². The van der Waals surface area contributed by atoms with Gasteiger partial charge in [0.25, 0.3) is 5.91 Å². The molecule has 278 valence electrons. The second-order valence-corrected chi connectivity index (χ2v) is 14.3. The van der Waals surface area contributed by atoms with Gasteiger partial charge in [0.15, 0.2) is 12.2 Å². The third-order valence-corrected chi connectivity index (χ3v) is 11.4. The number of nitrogens with zero attached hydrogens (tertiary/aromatic N) is 1. The number of piperidine rings is 1. The number of aliphatic hydroxyl groups is 2. The van der Waals surface area contributed by atoms with Crippen molar-refractivity contribution < 1.29 is 43.6 Å². The van der Waals surface area contributed by atoms with Gasteiger partial charge in [-0.15, -0.1) is 0 Å². The molecule has 1 spiro atoms. The number of benzene rings is 3. The van der Waals surface area contributed by atoms with Crippen LogP contribution < -0.4 is 15.4 Å². The van der Waals surface area contributed by atoms with Crippen LogP contribution in [0.15, 0.2) is 84.6 Å². The summed E-state index contributed by atoms with van der Waals surface area (Å²) in [6.45, 7) is 2.25. The van der Waals surface area contributed by atoms with Crippen LogP contribution in [-0.2, 0) is 47.1 Å². The highest BCUT2D eigenvalue weighted by Gasteiger charge is 2.74. The van der Waals surface area contributed by atoms with Crippen molar-refractivity contribution >= 4 is 23.8 Å². The van der Waals surface area contributed by atoms with Crippen LogP contribution in [0.5, 0.6) is 5.75 Å². The van der Waals surface area contributed by atoms with Crippen molar-refractivity contribution in [3.8, 4) is 5.75 Å². The first kappa shape index (κ1) is 36.3. The zero-order chi connectivity index (χ0) is 37.3. The van der Waals surface area contributed by atoms with Crippen LogP contribution in [-0.4, -0.2) is 83.3 Å². The number of nitrogens with one attached hydrogen (secondary N) is 2. The standard InChI is InChI=1S/C41H45N3O9/c1-25(26-9-5-3-6-10-26)38(49)42-20-16-32(46)51-30-15-18-41(53-33(47)17-21-43-39(50)35(48)27-11-7-4-8-12-27)31-23-28-13-14-29(24-45)36-34(28)40(41,37(30)52-36)19-22-44(31)2/h3-15,25,31,35,37,45,48H,16-24H2,1-2H3,(H,42,49)(H,43,50)/t25-,31+,35-,37?,40?,41+/m0/s1. The van der Waals surface area contributed by atoms with E-state index in [4.69, 9.17) is 14.2 Å². The first-order valence-corrected chi connectivity index (χ1v) is 18.2. The summed E-state index contributed by atoms with van der Waals surface area (Å²) in [7, 11) is 2.00. The molecule has 53 heavy (non-hydrogen) atoms. The number of esters is 2. The molecule has 4 N–H and O–H groups in total. The largest absolute Gasteiger partial charge is 0.481 e. The van der Waals surface area contributed by atoms with Crippen LogP contribution in [0.25, 0.3) is 0 Å². The van der Waals surface area contributed by atoms with E-state index in [0.29, 0.717) is 42.0 Å². The Labute approximate surface area is 308 Å². The molecule has 6 atom stereocenters. The van der Waals surface area contributed by atoms with E-state index in [1.165, 1.54) is 0 Å². The summed E-state index contributed by atoms with van der Waals surface area (Å²) in [5.41, 5.74) is 1.76. The number of hydrogen-bond acceptors (Lipinski definition) is 10. The molecule has 0 radical (unpaired) electrons. The molecule has 2 amide bonds. The fourth-order valence-corrected chi connectivity index (χ4v) is 8.74. The molecule has 2 heterocycles. The van der Waals surface area contributed by atoms with Crippen LogP contribution in [0.1, 0.15) is 72.4 Å². The van der Waals surface area contributed by atoms with Gasteiger partial charge in [0, 0.05) is 30.6 Å². The van der Waals surface area contributed by atoms with E-state index in [0.717, 1.165) is 16.7 Å². The Morgan fingerprint density at radius 2 is 1.58 bits per heavy atom. The summed E-state index contributed by atoms with van der Waals surface area (Å²) < 4.78 is 19.3. The SMILES string of the molecule is C[C@H](C(=O)NCCC(=O)OC1=CC[C@@]2(OC(=O)CCNC(=O)[C@@H](O)c3ccccc3)[C@H]3Cc4ccc(CO)c5c4C2(CCN3C)C1O5)c1ccccc1. The number of rotatable bonds is 13. The van der Waals surface area contributed by atoms with E-state index in [9.17, 15) is 29.4 Å². The molecule has 0 saturated carbocycles. The van der Waals surface area contributed by atoms with Crippen molar-refractivity contribution in [1.82, 2.24) is 15.5 Å². The van der Waals surface area contributed by atoms with Gasteiger partial charge in [-0.05, 0) is 56.1 Å². The average Bonchev–Trinajstić information content (AvgIpc) is 3.53. The smallest absolute Gasteiger partial charge is 0.312 e. The van der Waals surface area contributed by atoms with Crippen molar-refractivity contribution in [1.29, 1.82) is 0 Å². The number of aliphatic hydroxyl groups excluding tert-OH is 2. The Hall–Kier alpha value is -5.04. The second kappa shape index (κ2) is 14.8. The van der Waals surface area contributed by atoms with E-state index in [1.54, 1.807) is 36.4 Å². The average molecular weight is 724 g/mol. The van der Waals surface area contributed by atoms with E-state index in [2.05, 4.69) is 15.5 Å². The molecule has 2 unspecified atom stereocenters. The molecule has 1 fully saturated rings. The summed E-state index contributed by atoms with van der Waals surface area (Å²) in [5.74, 6) is -1.44. The van der Waals surface area contributed by atoms with E-state index in [-0.39, 0.29) is 56.8 Å². The highest BCUT2D eigenvalue weighted by atomic mass is 16.6. The lowest BCUT2D eigenvalue weighted by Crippen LogP contribution is -2.75. The highest BCUT2D eigenvalue weighted by molar-refractivity contribution is 5.84. The molecule has 12 heteroatoms. The molecule has 0 aromatic heterocycles. The molecule has 1 saturated heterocycles. The lowest BCUT2D eigenvalue weighted by molar-refractivity contribution is -0.206. The summed E-state index contributed by atoms with van der Waals surface area (Å²) >= 11 is 0. The third kappa shape index (κ3) is 6.38. The number of carbonyl (C=O) groups is 4. The van der Waals surface area contributed by atoms with Gasteiger partial charge in [-0.3, -0.25) is 24.1 Å². The Bertz CT molecular complexity index is 1920. The summed E-state index contributed by atoms with van der Waals surface area (Å²) in [4.78, 5) is 54.7. The first-order chi connectivity index (χ1) is 25.6. The Kier molecular flexibility index (Phi) is 10.1. The normalized spacial score (nSPS) is 24.8. The van der Waals surface area contributed by atoms with Crippen LogP contribution in [0.4, 0.5) is 0 Å². The zero-order valence-corrected chi connectivity index (χ0v) is 29.9. The zero-order valence-electron chi connectivity index (χ0n) is 29.9.